The van der Waals surface area contributed by atoms with E-state index in [1.807, 2.05) is 0 Å². The summed E-state index contributed by atoms with van der Waals surface area (Å²) in [5.74, 6) is -1.27. The normalized spacial score (nSPS) is 14.3. The summed E-state index contributed by atoms with van der Waals surface area (Å²) in [5, 5.41) is 0. The van der Waals surface area contributed by atoms with Gasteiger partial charge in [-0.15, -0.1) is 0 Å². The van der Waals surface area contributed by atoms with Crippen LogP contribution in [-0.4, -0.2) is 19.9 Å². The number of nitrogens with zero attached hydrogens (tertiary/aromatic N) is 1. The largest absolute Gasteiger partial charge is 0.417 e. The number of halogens is 2. The summed E-state index contributed by atoms with van der Waals surface area (Å²) in [6, 6.07) is 7.01. The lowest BCUT2D eigenvalue weighted by molar-refractivity contribution is 0.553. The summed E-state index contributed by atoms with van der Waals surface area (Å²) in [6.07, 6.45) is 0.423. The second kappa shape index (κ2) is 5.18. The molecule has 0 saturated heterocycles. The lowest BCUT2D eigenvalue weighted by Gasteiger charge is -2.20. The molecule has 0 atom stereocenters. The van der Waals surface area contributed by atoms with E-state index < -0.39 is 21.6 Å². The van der Waals surface area contributed by atoms with Crippen molar-refractivity contribution in [3.05, 3.63) is 56.7 Å². The third kappa shape index (κ3) is 2.27. The van der Waals surface area contributed by atoms with Gasteiger partial charge in [0.15, 0.2) is 5.58 Å². The van der Waals surface area contributed by atoms with Crippen LogP contribution in [0.3, 0.4) is 0 Å². The fourth-order valence-electron chi connectivity index (χ4n) is 2.88. The lowest BCUT2D eigenvalue weighted by atomic mass is 10.2. The fourth-order valence-corrected chi connectivity index (χ4v) is 4.88. The maximum absolute atomic E-state index is 14.3. The van der Waals surface area contributed by atoms with E-state index in [1.54, 1.807) is 6.07 Å². The minimum absolute atomic E-state index is 0.0621. The second-order valence-corrected chi connectivity index (χ2v) is 8.17. The van der Waals surface area contributed by atoms with Gasteiger partial charge in [-0.3, -0.25) is 9.29 Å². The Hall–Kier alpha value is -2.13. The second-order valence-electron chi connectivity index (χ2n) is 5.40. The van der Waals surface area contributed by atoms with E-state index in [4.69, 9.17) is 4.42 Å². The van der Waals surface area contributed by atoms with E-state index in [0.29, 0.717) is 22.0 Å². The van der Waals surface area contributed by atoms with Crippen molar-refractivity contribution < 1.29 is 17.2 Å². The highest BCUT2D eigenvalue weighted by atomic mass is 79.9. The van der Waals surface area contributed by atoms with Gasteiger partial charge in [0.05, 0.1) is 16.1 Å². The number of aromatic amines is 1. The number of sulfonamides is 1. The Morgan fingerprint density at radius 1 is 1.25 bits per heavy atom. The van der Waals surface area contributed by atoms with Crippen LogP contribution in [0.5, 0.6) is 0 Å². The third-order valence-corrected chi connectivity index (χ3v) is 6.17. The van der Waals surface area contributed by atoms with Crippen LogP contribution in [0.1, 0.15) is 5.56 Å². The molecule has 0 aliphatic carbocycles. The van der Waals surface area contributed by atoms with Gasteiger partial charge >= 0.3 is 5.76 Å². The first-order valence-corrected chi connectivity index (χ1v) is 9.23. The van der Waals surface area contributed by atoms with E-state index in [9.17, 15) is 17.6 Å². The molecule has 0 fully saturated rings. The van der Waals surface area contributed by atoms with Crippen LogP contribution in [-0.2, 0) is 16.4 Å². The molecule has 24 heavy (non-hydrogen) atoms. The lowest BCUT2D eigenvalue weighted by Crippen LogP contribution is -2.29. The van der Waals surface area contributed by atoms with Crippen LogP contribution in [0.15, 0.2) is 48.9 Å². The maximum Gasteiger partial charge on any atom is 0.417 e. The number of rotatable bonds is 2. The predicted molar refractivity (Wildman–Crippen MR) is 89.2 cm³/mol. The quantitative estimate of drug-likeness (QED) is 0.701. The van der Waals surface area contributed by atoms with E-state index in [2.05, 4.69) is 20.9 Å². The molecule has 1 aliphatic heterocycles. The van der Waals surface area contributed by atoms with Crippen LogP contribution in [0.2, 0.25) is 0 Å². The highest BCUT2D eigenvalue weighted by Crippen LogP contribution is 2.37. The monoisotopic (exact) mass is 412 g/mol. The van der Waals surface area contributed by atoms with Gasteiger partial charge in [0.25, 0.3) is 10.0 Å². The molecule has 6 nitrogen and oxygen atoms in total. The molecule has 0 saturated carbocycles. The topological polar surface area (TPSA) is 83.4 Å². The molecule has 124 valence electrons. The van der Waals surface area contributed by atoms with Crippen LogP contribution >= 0.6 is 15.9 Å². The number of aromatic nitrogens is 1. The van der Waals surface area contributed by atoms with E-state index in [-0.39, 0.29) is 22.7 Å². The molecule has 0 spiro atoms. The van der Waals surface area contributed by atoms with Crippen LogP contribution < -0.4 is 10.1 Å². The zero-order valence-electron chi connectivity index (χ0n) is 12.0. The van der Waals surface area contributed by atoms with Crippen molar-refractivity contribution in [1.82, 2.24) is 4.98 Å². The number of benzene rings is 2. The van der Waals surface area contributed by atoms with Gasteiger partial charge in [-0.2, -0.15) is 0 Å². The SMILES string of the molecule is O=c1[nH]c2ccc(S(=O)(=O)N3CCc4cc(Br)cc(F)c43)cc2o1. The van der Waals surface area contributed by atoms with Crippen molar-refractivity contribution >= 4 is 42.7 Å². The molecule has 3 aromatic rings. The zero-order valence-corrected chi connectivity index (χ0v) is 14.4. The summed E-state index contributed by atoms with van der Waals surface area (Å²) in [5.41, 5.74) is 1.22. The van der Waals surface area contributed by atoms with Crippen molar-refractivity contribution in [2.24, 2.45) is 0 Å². The molecular formula is C15H10BrFN2O4S. The van der Waals surface area contributed by atoms with Gasteiger partial charge in [-0.05, 0) is 36.2 Å². The highest BCUT2D eigenvalue weighted by molar-refractivity contribution is 9.10. The molecule has 0 amide bonds. The molecule has 0 unspecified atom stereocenters. The smallest absolute Gasteiger partial charge is 0.408 e. The number of hydrogen-bond donors (Lipinski definition) is 1. The maximum atomic E-state index is 14.3. The molecule has 0 bridgehead atoms. The average molecular weight is 413 g/mol. The summed E-state index contributed by atoms with van der Waals surface area (Å²) in [7, 11) is -3.97. The van der Waals surface area contributed by atoms with Crippen molar-refractivity contribution in [3.8, 4) is 0 Å². The highest BCUT2D eigenvalue weighted by Gasteiger charge is 2.34. The Morgan fingerprint density at radius 2 is 2.04 bits per heavy atom. The number of nitrogens with one attached hydrogen (secondary N) is 1. The minimum atomic E-state index is -3.97. The van der Waals surface area contributed by atoms with Crippen molar-refractivity contribution in [3.63, 3.8) is 0 Å². The Balaban J connectivity index is 1.85. The van der Waals surface area contributed by atoms with Gasteiger partial charge in [0, 0.05) is 17.1 Å². The van der Waals surface area contributed by atoms with E-state index >= 15 is 0 Å². The van der Waals surface area contributed by atoms with Gasteiger partial charge in [-0.1, -0.05) is 15.9 Å². The van der Waals surface area contributed by atoms with Gasteiger partial charge in [0.1, 0.15) is 5.82 Å². The van der Waals surface area contributed by atoms with Crippen LogP contribution in [0.25, 0.3) is 11.1 Å². The fraction of sp³-hybridized carbons (Fsp3) is 0.133. The Bertz CT molecular complexity index is 1140. The number of H-pyrrole nitrogens is 1. The van der Waals surface area contributed by atoms with Crippen LogP contribution in [0, 0.1) is 5.82 Å². The van der Waals surface area contributed by atoms with Gasteiger partial charge in [-0.25, -0.2) is 17.6 Å². The first-order chi connectivity index (χ1) is 11.4. The first kappa shape index (κ1) is 15.4. The predicted octanol–water partition coefficient (Wildman–Crippen LogP) is 2.77. The summed E-state index contributed by atoms with van der Waals surface area (Å²) >= 11 is 3.21. The van der Waals surface area contributed by atoms with Gasteiger partial charge < -0.3 is 4.42 Å². The third-order valence-electron chi connectivity index (χ3n) is 3.92. The molecular weight excluding hydrogens is 403 g/mol. The summed E-state index contributed by atoms with van der Waals surface area (Å²) in [6.45, 7) is 0.153. The Labute approximate surface area is 144 Å². The molecule has 0 radical (unpaired) electrons. The Morgan fingerprint density at radius 3 is 2.83 bits per heavy atom. The Kier molecular flexibility index (Phi) is 3.33. The van der Waals surface area contributed by atoms with Crippen LogP contribution in [0.4, 0.5) is 10.1 Å². The average Bonchev–Trinajstić information content (AvgIpc) is 3.08. The standard InChI is InChI=1S/C15H10BrFN2O4S/c16-9-5-8-3-4-19(14(8)11(17)6-9)24(21,22)10-1-2-12-13(7-10)23-15(20)18-12/h1-2,5-7H,3-4H2,(H,18,20). The molecule has 1 N–H and O–H groups in total. The number of oxazole rings is 1. The molecule has 4 rings (SSSR count). The zero-order chi connectivity index (χ0) is 17.1. The molecule has 2 aromatic carbocycles. The van der Waals surface area contributed by atoms with E-state index in [0.717, 1.165) is 4.31 Å². The van der Waals surface area contributed by atoms with Crippen molar-refractivity contribution in [2.45, 2.75) is 11.3 Å². The first-order valence-electron chi connectivity index (χ1n) is 7.00. The van der Waals surface area contributed by atoms with Gasteiger partial charge in [0.2, 0.25) is 0 Å². The van der Waals surface area contributed by atoms with Crippen molar-refractivity contribution in [1.29, 1.82) is 0 Å². The molecule has 1 aliphatic rings. The molecule has 9 heteroatoms. The molecule has 2 heterocycles. The number of anilines is 1. The molecule has 1 aromatic heterocycles. The number of hydrogen-bond acceptors (Lipinski definition) is 4. The minimum Gasteiger partial charge on any atom is -0.408 e. The number of fused-ring (bicyclic) bond motifs is 2. The summed E-state index contributed by atoms with van der Waals surface area (Å²) in [4.78, 5) is 13.6. The van der Waals surface area contributed by atoms with E-state index in [1.165, 1.54) is 24.3 Å². The summed E-state index contributed by atoms with van der Waals surface area (Å²) < 4.78 is 46.6. The van der Waals surface area contributed by atoms with Crippen molar-refractivity contribution in [2.75, 3.05) is 10.8 Å².